The highest BCUT2D eigenvalue weighted by Gasteiger charge is 2.23. The normalized spacial score (nSPS) is 16.4. The fourth-order valence-corrected chi connectivity index (χ4v) is 4.29. The maximum absolute atomic E-state index is 5.32. The molecule has 1 saturated heterocycles. The van der Waals surface area contributed by atoms with Crippen LogP contribution in [0, 0.1) is 13.8 Å². The first-order valence-electron chi connectivity index (χ1n) is 8.70. The zero-order valence-electron chi connectivity index (χ0n) is 14.6. The van der Waals surface area contributed by atoms with E-state index in [2.05, 4.69) is 26.1 Å². The summed E-state index contributed by atoms with van der Waals surface area (Å²) < 4.78 is 5.32. The number of pyridine rings is 1. The van der Waals surface area contributed by atoms with Crippen molar-refractivity contribution in [2.45, 2.75) is 39.2 Å². The fraction of sp³-hybridized carbons (Fsp3) is 0.421. The Morgan fingerprint density at radius 1 is 1.20 bits per heavy atom. The van der Waals surface area contributed by atoms with Gasteiger partial charge in [-0.25, -0.2) is 4.98 Å². The molecule has 5 nitrogen and oxygen atoms in total. The molecule has 1 aliphatic heterocycles. The van der Waals surface area contributed by atoms with Gasteiger partial charge < -0.3 is 4.52 Å². The lowest BCUT2D eigenvalue weighted by molar-refractivity contribution is 0.203. The van der Waals surface area contributed by atoms with E-state index in [-0.39, 0.29) is 0 Å². The Morgan fingerprint density at radius 2 is 2.04 bits per heavy atom. The van der Waals surface area contributed by atoms with Gasteiger partial charge in [0, 0.05) is 34.9 Å². The first kappa shape index (κ1) is 16.4. The molecule has 0 atom stereocenters. The highest BCUT2D eigenvalue weighted by atomic mass is 32.1. The van der Waals surface area contributed by atoms with Gasteiger partial charge in [-0.05, 0) is 57.5 Å². The van der Waals surface area contributed by atoms with E-state index in [1.54, 1.807) is 11.3 Å². The molecular formula is C19H22N4OS. The summed E-state index contributed by atoms with van der Waals surface area (Å²) in [5.74, 6) is 1.39. The van der Waals surface area contributed by atoms with Crippen molar-refractivity contribution in [1.82, 2.24) is 20.0 Å². The average Bonchev–Trinajstić information content (AvgIpc) is 3.25. The van der Waals surface area contributed by atoms with Gasteiger partial charge in [0.2, 0.25) is 0 Å². The molecule has 3 aromatic heterocycles. The number of hydrogen-bond donors (Lipinski definition) is 0. The summed E-state index contributed by atoms with van der Waals surface area (Å²) in [5, 5.41) is 7.33. The summed E-state index contributed by atoms with van der Waals surface area (Å²) in [4.78, 5) is 11.5. The van der Waals surface area contributed by atoms with E-state index >= 15 is 0 Å². The van der Waals surface area contributed by atoms with E-state index in [1.807, 2.05) is 37.7 Å². The number of hydrogen-bond acceptors (Lipinski definition) is 6. The van der Waals surface area contributed by atoms with Crippen LogP contribution >= 0.6 is 11.3 Å². The molecule has 1 aliphatic rings. The lowest BCUT2D eigenvalue weighted by atomic mass is 9.91. The second-order valence-corrected chi connectivity index (χ2v) is 7.62. The molecule has 0 aromatic carbocycles. The van der Waals surface area contributed by atoms with Crippen LogP contribution in [0.2, 0.25) is 0 Å². The third kappa shape index (κ3) is 3.50. The van der Waals surface area contributed by atoms with Gasteiger partial charge in [0.1, 0.15) is 10.8 Å². The van der Waals surface area contributed by atoms with Crippen LogP contribution in [0.4, 0.5) is 0 Å². The Hall–Kier alpha value is -2.05. The van der Waals surface area contributed by atoms with E-state index < -0.39 is 0 Å². The van der Waals surface area contributed by atoms with E-state index in [1.165, 1.54) is 10.7 Å². The maximum Gasteiger partial charge on any atom is 0.141 e. The molecule has 0 saturated carbocycles. The van der Waals surface area contributed by atoms with Crippen LogP contribution < -0.4 is 0 Å². The van der Waals surface area contributed by atoms with Crippen molar-refractivity contribution < 1.29 is 4.52 Å². The van der Waals surface area contributed by atoms with Crippen molar-refractivity contribution >= 4 is 11.3 Å². The summed E-state index contributed by atoms with van der Waals surface area (Å²) in [7, 11) is 0. The quantitative estimate of drug-likeness (QED) is 0.703. The smallest absolute Gasteiger partial charge is 0.141 e. The highest BCUT2D eigenvalue weighted by molar-refractivity contribution is 7.09. The van der Waals surface area contributed by atoms with Crippen LogP contribution in [0.1, 0.15) is 40.9 Å². The first-order valence-corrected chi connectivity index (χ1v) is 9.58. The SMILES string of the molecule is Cc1noc(C)c1-c1ccnc(C2CCN(Cc3nccs3)CC2)c1. The Bertz CT molecular complexity index is 815. The van der Waals surface area contributed by atoms with Crippen molar-refractivity contribution in [2.24, 2.45) is 0 Å². The van der Waals surface area contributed by atoms with E-state index in [0.29, 0.717) is 5.92 Å². The van der Waals surface area contributed by atoms with Crippen LogP contribution in [0.25, 0.3) is 11.1 Å². The molecular weight excluding hydrogens is 332 g/mol. The molecule has 6 heteroatoms. The van der Waals surface area contributed by atoms with Crippen molar-refractivity contribution in [3.63, 3.8) is 0 Å². The third-order valence-corrected chi connectivity index (χ3v) is 5.72. The standard InChI is InChI=1S/C19H22N4OS/c1-13-19(14(2)24-22-13)16-3-6-20-17(11-16)15-4-8-23(9-5-15)12-18-21-7-10-25-18/h3,6-7,10-11,15H,4-5,8-9,12H2,1-2H3. The van der Waals surface area contributed by atoms with Crippen molar-refractivity contribution in [3.05, 3.63) is 52.1 Å². The molecule has 0 spiro atoms. The molecule has 1 fully saturated rings. The Morgan fingerprint density at radius 3 is 2.72 bits per heavy atom. The monoisotopic (exact) mass is 354 g/mol. The van der Waals surface area contributed by atoms with Crippen LogP contribution in [0.15, 0.2) is 34.4 Å². The topological polar surface area (TPSA) is 55.1 Å². The van der Waals surface area contributed by atoms with E-state index in [9.17, 15) is 0 Å². The Kier molecular flexibility index (Phi) is 4.63. The zero-order chi connectivity index (χ0) is 17.2. The Labute approximate surface area is 151 Å². The van der Waals surface area contributed by atoms with Gasteiger partial charge in [-0.3, -0.25) is 9.88 Å². The molecule has 130 valence electrons. The van der Waals surface area contributed by atoms with Gasteiger partial charge in [0.25, 0.3) is 0 Å². The third-order valence-electron chi connectivity index (χ3n) is 4.95. The van der Waals surface area contributed by atoms with Crippen LogP contribution in [-0.4, -0.2) is 33.1 Å². The maximum atomic E-state index is 5.32. The van der Waals surface area contributed by atoms with Crippen LogP contribution in [0.3, 0.4) is 0 Å². The largest absolute Gasteiger partial charge is 0.361 e. The summed E-state index contributed by atoms with van der Waals surface area (Å²) in [6.45, 7) is 7.12. The Balaban J connectivity index is 1.46. The van der Waals surface area contributed by atoms with Gasteiger partial charge in [0.05, 0.1) is 12.2 Å². The molecule has 0 amide bonds. The molecule has 0 N–H and O–H groups in total. The number of thiazole rings is 1. The minimum atomic E-state index is 0.521. The predicted octanol–water partition coefficient (Wildman–Crippen LogP) is 4.19. The molecule has 0 radical (unpaired) electrons. The molecule has 4 heterocycles. The van der Waals surface area contributed by atoms with E-state index in [4.69, 9.17) is 4.52 Å². The molecule has 0 unspecified atom stereocenters. The zero-order valence-corrected chi connectivity index (χ0v) is 15.4. The van der Waals surface area contributed by atoms with Crippen LogP contribution in [0.5, 0.6) is 0 Å². The number of rotatable bonds is 4. The first-order chi connectivity index (χ1) is 12.2. The van der Waals surface area contributed by atoms with Gasteiger partial charge in [0.15, 0.2) is 0 Å². The second kappa shape index (κ2) is 7.06. The summed E-state index contributed by atoms with van der Waals surface area (Å²) >= 11 is 1.74. The molecule has 0 bridgehead atoms. The number of aromatic nitrogens is 3. The number of piperidine rings is 1. The van der Waals surface area contributed by atoms with Crippen molar-refractivity contribution in [2.75, 3.05) is 13.1 Å². The van der Waals surface area contributed by atoms with Crippen molar-refractivity contribution in [3.8, 4) is 11.1 Å². The summed E-state index contributed by atoms with van der Waals surface area (Å²) in [6, 6.07) is 4.27. The molecule has 25 heavy (non-hydrogen) atoms. The lowest BCUT2D eigenvalue weighted by Gasteiger charge is -2.31. The number of nitrogens with zero attached hydrogens (tertiary/aromatic N) is 4. The average molecular weight is 354 g/mol. The van der Waals surface area contributed by atoms with Crippen LogP contribution in [-0.2, 0) is 6.54 Å². The molecule has 3 aromatic rings. The minimum Gasteiger partial charge on any atom is -0.361 e. The van der Waals surface area contributed by atoms with E-state index in [0.717, 1.165) is 55.1 Å². The van der Waals surface area contributed by atoms with Gasteiger partial charge >= 0.3 is 0 Å². The molecule has 4 rings (SSSR count). The predicted molar refractivity (Wildman–Crippen MR) is 98.6 cm³/mol. The van der Waals surface area contributed by atoms with Gasteiger partial charge in [-0.15, -0.1) is 11.3 Å². The summed E-state index contributed by atoms with van der Waals surface area (Å²) in [6.07, 6.45) is 6.09. The number of aryl methyl sites for hydroxylation is 2. The highest BCUT2D eigenvalue weighted by Crippen LogP contribution is 2.32. The van der Waals surface area contributed by atoms with Gasteiger partial charge in [-0.2, -0.15) is 0 Å². The lowest BCUT2D eigenvalue weighted by Crippen LogP contribution is -2.32. The van der Waals surface area contributed by atoms with Crippen molar-refractivity contribution in [1.29, 1.82) is 0 Å². The second-order valence-electron chi connectivity index (χ2n) is 6.64. The number of likely N-dealkylation sites (tertiary alicyclic amines) is 1. The fourth-order valence-electron chi connectivity index (χ4n) is 3.63. The minimum absolute atomic E-state index is 0.521. The summed E-state index contributed by atoms with van der Waals surface area (Å²) in [5.41, 5.74) is 4.38. The van der Waals surface area contributed by atoms with Gasteiger partial charge in [-0.1, -0.05) is 5.16 Å². The molecule has 0 aliphatic carbocycles.